The number of aromatic carboxylic acids is 1. The first-order valence-corrected chi connectivity index (χ1v) is 7.76. The summed E-state index contributed by atoms with van der Waals surface area (Å²) in [5.74, 6) is -1.14. The monoisotopic (exact) mass is 309 g/mol. The molecule has 2 aromatic rings. The zero-order valence-electron chi connectivity index (χ0n) is 11.3. The number of hydrogen-bond acceptors (Lipinski definition) is 4. The van der Waals surface area contributed by atoms with Crippen molar-refractivity contribution in [1.29, 1.82) is 0 Å². The molecule has 0 aliphatic carbocycles. The first kappa shape index (κ1) is 15.2. The molecular formula is C13H15N3O4S. The van der Waals surface area contributed by atoms with Gasteiger partial charge in [-0.05, 0) is 24.1 Å². The van der Waals surface area contributed by atoms with E-state index in [1.165, 1.54) is 24.4 Å². The van der Waals surface area contributed by atoms with Gasteiger partial charge in [0.05, 0.1) is 16.7 Å². The molecule has 0 unspecified atom stereocenters. The number of rotatable bonds is 6. The minimum atomic E-state index is -3.77. The van der Waals surface area contributed by atoms with Gasteiger partial charge >= 0.3 is 5.97 Å². The summed E-state index contributed by atoms with van der Waals surface area (Å²) in [5.41, 5.74) is 1.28. The Balaban J connectivity index is 2.27. The predicted molar refractivity (Wildman–Crippen MR) is 75.4 cm³/mol. The lowest BCUT2D eigenvalue weighted by molar-refractivity contribution is 0.0695. The standard InChI is InChI=1S/C13H15N3O4S/c1-2-10-3-4-11(5-12(10)13(17)18)21(19,20)16-8-9-6-14-15-7-9/h3-7,16H,2,8H2,1H3,(H,14,15)(H,17,18). The van der Waals surface area contributed by atoms with Crippen LogP contribution in [0.3, 0.4) is 0 Å². The summed E-state index contributed by atoms with van der Waals surface area (Å²) in [6, 6.07) is 4.11. The van der Waals surface area contributed by atoms with Crippen molar-refractivity contribution in [2.45, 2.75) is 24.8 Å². The largest absolute Gasteiger partial charge is 0.478 e. The van der Waals surface area contributed by atoms with Crippen LogP contribution in [-0.4, -0.2) is 29.7 Å². The van der Waals surface area contributed by atoms with E-state index in [9.17, 15) is 13.2 Å². The Morgan fingerprint density at radius 1 is 1.43 bits per heavy atom. The molecular weight excluding hydrogens is 294 g/mol. The number of aromatic amines is 1. The van der Waals surface area contributed by atoms with Crippen molar-refractivity contribution in [2.24, 2.45) is 0 Å². The molecule has 0 spiro atoms. The van der Waals surface area contributed by atoms with E-state index >= 15 is 0 Å². The van der Waals surface area contributed by atoms with Crippen molar-refractivity contribution in [1.82, 2.24) is 14.9 Å². The normalized spacial score (nSPS) is 11.5. The highest BCUT2D eigenvalue weighted by molar-refractivity contribution is 7.89. The molecule has 0 aliphatic heterocycles. The minimum absolute atomic E-state index is 0.00341. The lowest BCUT2D eigenvalue weighted by atomic mass is 10.1. The van der Waals surface area contributed by atoms with Gasteiger partial charge in [-0.3, -0.25) is 5.10 Å². The Bertz CT molecular complexity index is 739. The van der Waals surface area contributed by atoms with E-state index in [2.05, 4.69) is 14.9 Å². The first-order chi connectivity index (χ1) is 9.94. The van der Waals surface area contributed by atoms with Gasteiger partial charge in [-0.25, -0.2) is 17.9 Å². The van der Waals surface area contributed by atoms with E-state index < -0.39 is 16.0 Å². The Labute approximate surface area is 122 Å². The van der Waals surface area contributed by atoms with E-state index in [4.69, 9.17) is 5.11 Å². The zero-order valence-corrected chi connectivity index (χ0v) is 12.1. The van der Waals surface area contributed by atoms with Crippen molar-refractivity contribution in [2.75, 3.05) is 0 Å². The second-order valence-corrected chi connectivity index (χ2v) is 6.18. The van der Waals surface area contributed by atoms with Crippen molar-refractivity contribution in [3.8, 4) is 0 Å². The summed E-state index contributed by atoms with van der Waals surface area (Å²) in [6.45, 7) is 1.89. The lowest BCUT2D eigenvalue weighted by Crippen LogP contribution is -2.23. The predicted octanol–water partition coefficient (Wildman–Crippen LogP) is 1.15. The Kier molecular flexibility index (Phi) is 4.39. The summed E-state index contributed by atoms with van der Waals surface area (Å²) in [7, 11) is -3.77. The van der Waals surface area contributed by atoms with Crippen molar-refractivity contribution in [3.05, 3.63) is 47.3 Å². The molecule has 0 aliphatic rings. The second kappa shape index (κ2) is 6.06. The van der Waals surface area contributed by atoms with E-state index in [0.29, 0.717) is 17.5 Å². The highest BCUT2D eigenvalue weighted by atomic mass is 32.2. The molecule has 0 saturated heterocycles. The topological polar surface area (TPSA) is 112 Å². The Morgan fingerprint density at radius 3 is 2.76 bits per heavy atom. The van der Waals surface area contributed by atoms with Crippen LogP contribution in [0.4, 0.5) is 0 Å². The fourth-order valence-corrected chi connectivity index (χ4v) is 2.91. The molecule has 0 radical (unpaired) electrons. The number of hydrogen-bond donors (Lipinski definition) is 3. The summed E-state index contributed by atoms with van der Waals surface area (Å²) in [4.78, 5) is 11.1. The summed E-state index contributed by atoms with van der Waals surface area (Å²) < 4.78 is 26.7. The highest BCUT2D eigenvalue weighted by Gasteiger charge is 2.18. The molecule has 7 nitrogen and oxygen atoms in total. The number of aryl methyl sites for hydroxylation is 1. The van der Waals surface area contributed by atoms with E-state index in [-0.39, 0.29) is 17.0 Å². The quantitative estimate of drug-likeness (QED) is 0.741. The van der Waals surface area contributed by atoms with Gasteiger partial charge < -0.3 is 5.11 Å². The number of carboxylic acids is 1. The zero-order chi connectivity index (χ0) is 15.5. The van der Waals surface area contributed by atoms with Gasteiger partial charge in [-0.1, -0.05) is 13.0 Å². The van der Waals surface area contributed by atoms with E-state index in [1.807, 2.05) is 6.92 Å². The molecule has 1 aromatic heterocycles. The minimum Gasteiger partial charge on any atom is -0.478 e. The molecule has 0 saturated carbocycles. The van der Waals surface area contributed by atoms with Crippen LogP contribution in [-0.2, 0) is 23.0 Å². The number of aromatic nitrogens is 2. The second-order valence-electron chi connectivity index (χ2n) is 4.41. The molecule has 0 atom stereocenters. The summed E-state index contributed by atoms with van der Waals surface area (Å²) in [6.07, 6.45) is 3.60. The van der Waals surface area contributed by atoms with Crippen molar-refractivity contribution in [3.63, 3.8) is 0 Å². The average molecular weight is 309 g/mol. The van der Waals surface area contributed by atoms with Gasteiger partial charge in [-0.2, -0.15) is 5.10 Å². The first-order valence-electron chi connectivity index (χ1n) is 6.27. The lowest BCUT2D eigenvalue weighted by Gasteiger charge is -2.09. The van der Waals surface area contributed by atoms with Crippen molar-refractivity contribution >= 4 is 16.0 Å². The maximum absolute atomic E-state index is 12.2. The highest BCUT2D eigenvalue weighted by Crippen LogP contribution is 2.17. The molecule has 2 rings (SSSR count). The number of carboxylic acid groups (broad SMARTS) is 1. The number of benzene rings is 1. The van der Waals surface area contributed by atoms with Crippen LogP contribution in [0.2, 0.25) is 0 Å². The van der Waals surface area contributed by atoms with Gasteiger partial charge in [-0.15, -0.1) is 0 Å². The van der Waals surface area contributed by atoms with Gasteiger partial charge in [0.2, 0.25) is 10.0 Å². The van der Waals surface area contributed by atoms with Gasteiger partial charge in [0.25, 0.3) is 0 Å². The molecule has 8 heteroatoms. The number of H-pyrrole nitrogens is 1. The maximum atomic E-state index is 12.2. The number of sulfonamides is 1. The fourth-order valence-electron chi connectivity index (χ4n) is 1.87. The summed E-state index contributed by atoms with van der Waals surface area (Å²) in [5, 5.41) is 15.4. The maximum Gasteiger partial charge on any atom is 0.336 e. The number of nitrogens with one attached hydrogen (secondary N) is 2. The van der Waals surface area contributed by atoms with Crippen molar-refractivity contribution < 1.29 is 18.3 Å². The van der Waals surface area contributed by atoms with Crippen LogP contribution in [0.1, 0.15) is 28.4 Å². The van der Waals surface area contributed by atoms with E-state index in [0.717, 1.165) is 0 Å². The van der Waals surface area contributed by atoms with E-state index in [1.54, 1.807) is 6.20 Å². The number of carbonyl (C=O) groups is 1. The average Bonchev–Trinajstić information content (AvgIpc) is 2.97. The van der Waals surface area contributed by atoms with Gasteiger partial charge in [0.15, 0.2) is 0 Å². The van der Waals surface area contributed by atoms with Gasteiger partial charge in [0, 0.05) is 18.3 Å². The third-order valence-electron chi connectivity index (χ3n) is 3.02. The molecule has 112 valence electrons. The summed E-state index contributed by atoms with van der Waals surface area (Å²) >= 11 is 0. The molecule has 0 fully saturated rings. The van der Waals surface area contributed by atoms with Crippen LogP contribution in [0, 0.1) is 0 Å². The molecule has 1 aromatic carbocycles. The van der Waals surface area contributed by atoms with Crippen LogP contribution >= 0.6 is 0 Å². The molecule has 21 heavy (non-hydrogen) atoms. The number of nitrogens with zero attached hydrogens (tertiary/aromatic N) is 1. The van der Waals surface area contributed by atoms with Crippen LogP contribution in [0.15, 0.2) is 35.5 Å². The molecule has 0 amide bonds. The Morgan fingerprint density at radius 2 is 2.19 bits per heavy atom. The third-order valence-corrected chi connectivity index (χ3v) is 4.42. The SMILES string of the molecule is CCc1ccc(S(=O)(=O)NCc2cn[nH]c2)cc1C(=O)O. The molecule has 1 heterocycles. The van der Waals surface area contributed by atoms with Crippen LogP contribution in [0.25, 0.3) is 0 Å². The van der Waals surface area contributed by atoms with Gasteiger partial charge in [0.1, 0.15) is 0 Å². The fraction of sp³-hybridized carbons (Fsp3) is 0.231. The third kappa shape index (κ3) is 3.47. The Hall–Kier alpha value is -2.19. The smallest absolute Gasteiger partial charge is 0.336 e. The van der Waals surface area contributed by atoms with Crippen LogP contribution < -0.4 is 4.72 Å². The van der Waals surface area contributed by atoms with Crippen LogP contribution in [0.5, 0.6) is 0 Å². The molecule has 3 N–H and O–H groups in total. The molecule has 0 bridgehead atoms.